The molecule has 8 heteroatoms. The van der Waals surface area contributed by atoms with E-state index in [1.165, 1.54) is 0 Å². The molecule has 0 unspecified atom stereocenters. The van der Waals surface area contributed by atoms with Crippen molar-refractivity contribution in [1.82, 2.24) is 19.9 Å². The molecule has 1 aliphatic heterocycles. The second kappa shape index (κ2) is 8.06. The number of morpholine rings is 1. The largest absolute Gasteiger partial charge is 0.378 e. The van der Waals surface area contributed by atoms with E-state index in [0.717, 1.165) is 43.0 Å². The number of H-pyrrole nitrogens is 1. The quantitative estimate of drug-likeness (QED) is 0.434. The lowest BCUT2D eigenvalue weighted by molar-refractivity contribution is 0.122. The fraction of sp³-hybridized carbons (Fsp3) is 0.200. The number of hydrogen-bond acceptors (Lipinski definition) is 7. The van der Waals surface area contributed by atoms with E-state index in [1.54, 1.807) is 17.5 Å². The van der Waals surface area contributed by atoms with Gasteiger partial charge in [-0.15, -0.1) is 11.3 Å². The molecule has 164 valence electrons. The second-order valence-electron chi connectivity index (χ2n) is 8.06. The average Bonchev–Trinajstić information content (AvgIpc) is 3.29. The summed E-state index contributed by atoms with van der Waals surface area (Å²) in [6.07, 6.45) is 3.65. The van der Waals surface area contributed by atoms with E-state index < -0.39 is 0 Å². The third-order valence-electron chi connectivity index (χ3n) is 5.93. The summed E-state index contributed by atoms with van der Waals surface area (Å²) in [5.74, 6) is 0. The zero-order chi connectivity index (χ0) is 22.4. The van der Waals surface area contributed by atoms with Crippen molar-refractivity contribution in [3.63, 3.8) is 0 Å². The Labute approximate surface area is 193 Å². The molecule has 7 nitrogen and oxygen atoms in total. The molecule has 1 fully saturated rings. The van der Waals surface area contributed by atoms with Crippen molar-refractivity contribution in [2.45, 2.75) is 6.92 Å². The first-order valence-corrected chi connectivity index (χ1v) is 11.7. The molecule has 5 heterocycles. The fourth-order valence-corrected chi connectivity index (χ4v) is 5.07. The van der Waals surface area contributed by atoms with Gasteiger partial charge >= 0.3 is 0 Å². The number of hydrogen-bond donors (Lipinski definition) is 1. The van der Waals surface area contributed by atoms with Gasteiger partial charge in [-0.1, -0.05) is 12.1 Å². The molecule has 1 saturated heterocycles. The second-order valence-corrected chi connectivity index (χ2v) is 9.29. The Morgan fingerprint density at radius 3 is 2.76 bits per heavy atom. The lowest BCUT2D eigenvalue weighted by atomic mass is 9.99. The molecule has 1 aliphatic rings. The molecule has 0 spiro atoms. The third kappa shape index (κ3) is 3.67. The zero-order valence-corrected chi connectivity index (χ0v) is 18.9. The highest BCUT2D eigenvalue weighted by Crippen LogP contribution is 2.36. The summed E-state index contributed by atoms with van der Waals surface area (Å²) >= 11 is 1.59. The molecule has 6 rings (SSSR count). The first kappa shape index (κ1) is 20.0. The maximum atomic E-state index is 12.9. The van der Waals surface area contributed by atoms with Crippen molar-refractivity contribution in [3.05, 3.63) is 70.2 Å². The Bertz CT molecular complexity index is 1550. The van der Waals surface area contributed by atoms with Crippen LogP contribution in [0.1, 0.15) is 5.01 Å². The van der Waals surface area contributed by atoms with Crippen LogP contribution in [0.3, 0.4) is 0 Å². The molecular formula is C25H21N5O2S. The van der Waals surface area contributed by atoms with Crippen LogP contribution in [0.25, 0.3) is 43.6 Å². The van der Waals surface area contributed by atoms with Crippen LogP contribution in [0, 0.1) is 6.92 Å². The molecule has 0 saturated carbocycles. The Morgan fingerprint density at radius 2 is 1.94 bits per heavy atom. The van der Waals surface area contributed by atoms with E-state index in [2.05, 4.69) is 44.1 Å². The van der Waals surface area contributed by atoms with E-state index in [9.17, 15) is 4.79 Å². The summed E-state index contributed by atoms with van der Waals surface area (Å²) in [5.41, 5.74) is 4.90. The van der Waals surface area contributed by atoms with Gasteiger partial charge in [-0.2, -0.15) is 0 Å². The molecule has 0 bridgehead atoms. The van der Waals surface area contributed by atoms with Gasteiger partial charge in [0, 0.05) is 41.8 Å². The van der Waals surface area contributed by atoms with Gasteiger partial charge in [-0.3, -0.25) is 9.78 Å². The van der Waals surface area contributed by atoms with Crippen molar-refractivity contribution in [1.29, 1.82) is 0 Å². The summed E-state index contributed by atoms with van der Waals surface area (Å²) in [6, 6.07) is 14.3. The standard InChI is InChI=1S/C25H21N5O2S/c1-15-27-14-22(33-15)23-19(16-4-5-20-17(11-16)3-2-6-26-20)12-18-13-21(25(31)29-24(18)28-23)30-7-9-32-10-8-30/h2-6,11-14H,7-10H2,1H3,(H,28,29,31). The minimum absolute atomic E-state index is 0.132. The highest BCUT2D eigenvalue weighted by Gasteiger charge is 2.19. The smallest absolute Gasteiger partial charge is 0.273 e. The van der Waals surface area contributed by atoms with Crippen LogP contribution < -0.4 is 10.5 Å². The summed E-state index contributed by atoms with van der Waals surface area (Å²) < 4.78 is 5.45. The zero-order valence-electron chi connectivity index (χ0n) is 18.0. The number of aromatic amines is 1. The van der Waals surface area contributed by atoms with Crippen molar-refractivity contribution in [3.8, 4) is 21.7 Å². The lowest BCUT2D eigenvalue weighted by Crippen LogP contribution is -2.39. The normalized spacial score (nSPS) is 14.3. The number of nitrogens with one attached hydrogen (secondary N) is 1. The molecule has 0 aliphatic carbocycles. The number of aromatic nitrogens is 4. The number of ether oxygens (including phenoxy) is 1. The molecule has 1 aromatic carbocycles. The van der Waals surface area contributed by atoms with Crippen LogP contribution in [0.4, 0.5) is 5.69 Å². The van der Waals surface area contributed by atoms with E-state index in [4.69, 9.17) is 9.72 Å². The van der Waals surface area contributed by atoms with E-state index in [-0.39, 0.29) is 5.56 Å². The van der Waals surface area contributed by atoms with Gasteiger partial charge in [-0.25, -0.2) is 9.97 Å². The number of nitrogens with zero attached hydrogens (tertiary/aromatic N) is 4. The minimum Gasteiger partial charge on any atom is -0.378 e. The van der Waals surface area contributed by atoms with Crippen LogP contribution in [0.2, 0.25) is 0 Å². The minimum atomic E-state index is -0.132. The van der Waals surface area contributed by atoms with Crippen molar-refractivity contribution < 1.29 is 4.74 Å². The molecule has 4 aromatic heterocycles. The topological polar surface area (TPSA) is 84.0 Å². The van der Waals surface area contributed by atoms with Gasteiger partial charge in [0.05, 0.1) is 34.3 Å². The van der Waals surface area contributed by atoms with Crippen LogP contribution in [-0.4, -0.2) is 46.2 Å². The number of fused-ring (bicyclic) bond motifs is 2. The average molecular weight is 456 g/mol. The van der Waals surface area contributed by atoms with Gasteiger partial charge < -0.3 is 14.6 Å². The third-order valence-corrected chi connectivity index (χ3v) is 6.85. The van der Waals surface area contributed by atoms with Crippen LogP contribution in [0.15, 0.2) is 59.7 Å². The summed E-state index contributed by atoms with van der Waals surface area (Å²) in [6.45, 7) is 4.62. The lowest BCUT2D eigenvalue weighted by Gasteiger charge is -2.28. The van der Waals surface area contributed by atoms with Gasteiger partial charge in [0.1, 0.15) is 11.3 Å². The van der Waals surface area contributed by atoms with Gasteiger partial charge in [0.25, 0.3) is 5.56 Å². The fourth-order valence-electron chi connectivity index (χ4n) is 4.28. The maximum Gasteiger partial charge on any atom is 0.273 e. The SMILES string of the molecule is Cc1ncc(-c2nc3[nH]c(=O)c(N4CCOCC4)cc3cc2-c2ccc3ncccc3c2)s1. The predicted octanol–water partition coefficient (Wildman–Crippen LogP) is 4.41. The first-order valence-electron chi connectivity index (χ1n) is 10.8. The number of thiazole rings is 1. The Kier molecular flexibility index (Phi) is 4.89. The summed E-state index contributed by atoms with van der Waals surface area (Å²) in [7, 11) is 0. The number of anilines is 1. The Hall–Kier alpha value is -3.62. The molecule has 33 heavy (non-hydrogen) atoms. The maximum absolute atomic E-state index is 12.9. The Morgan fingerprint density at radius 1 is 1.06 bits per heavy atom. The van der Waals surface area contributed by atoms with Crippen LogP contribution in [0.5, 0.6) is 0 Å². The van der Waals surface area contributed by atoms with Crippen molar-refractivity contribution in [2.24, 2.45) is 0 Å². The highest BCUT2D eigenvalue weighted by atomic mass is 32.1. The van der Waals surface area contributed by atoms with Crippen LogP contribution >= 0.6 is 11.3 Å². The van der Waals surface area contributed by atoms with E-state index in [0.29, 0.717) is 37.6 Å². The van der Waals surface area contributed by atoms with Crippen molar-refractivity contribution >= 4 is 39.0 Å². The van der Waals surface area contributed by atoms with Crippen molar-refractivity contribution in [2.75, 3.05) is 31.2 Å². The monoisotopic (exact) mass is 455 g/mol. The number of aryl methyl sites for hydroxylation is 1. The first-order chi connectivity index (χ1) is 16.2. The highest BCUT2D eigenvalue weighted by molar-refractivity contribution is 7.15. The molecule has 5 aromatic rings. The summed E-state index contributed by atoms with van der Waals surface area (Å²) in [4.78, 5) is 32.7. The molecule has 0 amide bonds. The van der Waals surface area contributed by atoms with Crippen LogP contribution in [-0.2, 0) is 4.74 Å². The molecule has 0 radical (unpaired) electrons. The summed E-state index contributed by atoms with van der Waals surface area (Å²) in [5, 5.41) is 2.93. The van der Waals surface area contributed by atoms with Gasteiger partial charge in [-0.05, 0) is 42.8 Å². The predicted molar refractivity (Wildman–Crippen MR) is 132 cm³/mol. The number of rotatable bonds is 3. The Balaban J connectivity index is 1.58. The molecule has 1 N–H and O–H groups in total. The molecule has 0 atom stereocenters. The van der Waals surface area contributed by atoms with Gasteiger partial charge in [0.15, 0.2) is 0 Å². The van der Waals surface area contributed by atoms with E-state index >= 15 is 0 Å². The number of benzene rings is 1. The molecular weight excluding hydrogens is 434 g/mol. The van der Waals surface area contributed by atoms with Gasteiger partial charge in [0.2, 0.25) is 0 Å². The number of pyridine rings is 3. The van der Waals surface area contributed by atoms with E-state index in [1.807, 2.05) is 31.3 Å².